The number of likely N-dealkylation sites (tertiary alicyclic amines) is 1. The summed E-state index contributed by atoms with van der Waals surface area (Å²) in [5, 5.41) is 3.15. The van der Waals surface area contributed by atoms with Crippen molar-refractivity contribution in [3.63, 3.8) is 0 Å². The zero-order valence-corrected chi connectivity index (χ0v) is 20.3. The first-order valence-corrected chi connectivity index (χ1v) is 12.4. The molecule has 0 aromatic heterocycles. The molecule has 2 aliphatic rings. The second-order valence-corrected chi connectivity index (χ2v) is 9.59. The molecule has 2 aromatic rings. The summed E-state index contributed by atoms with van der Waals surface area (Å²) in [6, 6.07) is 20.5. The van der Waals surface area contributed by atoms with Crippen LogP contribution in [-0.2, 0) is 11.2 Å². The number of rotatable bonds is 8. The summed E-state index contributed by atoms with van der Waals surface area (Å²) in [7, 11) is 0. The van der Waals surface area contributed by atoms with Gasteiger partial charge in [-0.3, -0.25) is 9.69 Å². The van der Waals surface area contributed by atoms with Crippen molar-refractivity contribution in [3.05, 3.63) is 71.8 Å². The van der Waals surface area contributed by atoms with Crippen LogP contribution < -0.4 is 5.32 Å². The van der Waals surface area contributed by atoms with Gasteiger partial charge in [-0.2, -0.15) is 0 Å². The molecule has 0 bridgehead atoms. The van der Waals surface area contributed by atoms with Gasteiger partial charge in [-0.05, 0) is 68.7 Å². The van der Waals surface area contributed by atoms with Crippen LogP contribution in [0.3, 0.4) is 0 Å². The van der Waals surface area contributed by atoms with Gasteiger partial charge >= 0.3 is 6.03 Å². The van der Waals surface area contributed by atoms with Gasteiger partial charge in [0.1, 0.15) is 5.54 Å². The fourth-order valence-corrected chi connectivity index (χ4v) is 5.47. The van der Waals surface area contributed by atoms with Crippen molar-refractivity contribution >= 4 is 11.9 Å². The van der Waals surface area contributed by atoms with E-state index in [0.717, 1.165) is 38.9 Å². The zero-order chi connectivity index (χ0) is 24.0. The quantitative estimate of drug-likeness (QED) is 0.471. The van der Waals surface area contributed by atoms with Gasteiger partial charge in [0.2, 0.25) is 0 Å². The van der Waals surface area contributed by atoms with Crippen LogP contribution >= 0.6 is 0 Å². The lowest BCUT2D eigenvalue weighted by atomic mass is 9.74. The van der Waals surface area contributed by atoms with E-state index in [1.165, 1.54) is 16.0 Å². The van der Waals surface area contributed by atoms with Gasteiger partial charge in [-0.25, -0.2) is 4.79 Å². The molecular weight excluding hydrogens is 422 g/mol. The SMILES string of the molecule is CC#CCN1C(=O)NC(CCc2ccccc2)(C2CCN(CC(C)c3ccccc3)CC2)C1=O. The Morgan fingerprint density at radius 1 is 1.03 bits per heavy atom. The monoisotopic (exact) mass is 457 g/mol. The summed E-state index contributed by atoms with van der Waals surface area (Å²) >= 11 is 0. The molecule has 2 unspecified atom stereocenters. The van der Waals surface area contributed by atoms with Crippen LogP contribution in [0.5, 0.6) is 0 Å². The molecule has 4 rings (SSSR count). The summed E-state index contributed by atoms with van der Waals surface area (Å²) in [6.45, 7) is 7.04. The van der Waals surface area contributed by atoms with E-state index < -0.39 is 5.54 Å². The number of nitrogens with one attached hydrogen (secondary N) is 1. The number of piperidine rings is 1. The first kappa shape index (κ1) is 24.0. The van der Waals surface area contributed by atoms with E-state index in [4.69, 9.17) is 0 Å². The molecule has 0 saturated carbocycles. The summed E-state index contributed by atoms with van der Waals surface area (Å²) in [5.74, 6) is 6.18. The molecule has 2 saturated heterocycles. The van der Waals surface area contributed by atoms with Crippen LogP contribution in [0.1, 0.15) is 50.2 Å². The number of imide groups is 1. The van der Waals surface area contributed by atoms with Gasteiger partial charge in [0.25, 0.3) is 5.91 Å². The second kappa shape index (κ2) is 10.9. The number of benzene rings is 2. The van der Waals surface area contributed by atoms with Crippen molar-refractivity contribution in [2.45, 2.75) is 51.0 Å². The highest BCUT2D eigenvalue weighted by Gasteiger charge is 2.55. The number of carbonyl (C=O) groups is 2. The number of hydrogen-bond donors (Lipinski definition) is 1. The minimum atomic E-state index is -0.848. The van der Waals surface area contributed by atoms with E-state index in [9.17, 15) is 9.59 Å². The maximum absolute atomic E-state index is 13.7. The summed E-state index contributed by atoms with van der Waals surface area (Å²) in [6.07, 6.45) is 3.17. The maximum atomic E-state index is 13.7. The Hall–Kier alpha value is -3.10. The topological polar surface area (TPSA) is 52.7 Å². The second-order valence-electron chi connectivity index (χ2n) is 9.59. The Balaban J connectivity index is 1.47. The van der Waals surface area contributed by atoms with Crippen molar-refractivity contribution in [1.29, 1.82) is 0 Å². The van der Waals surface area contributed by atoms with Gasteiger partial charge < -0.3 is 10.2 Å². The predicted molar refractivity (Wildman–Crippen MR) is 135 cm³/mol. The highest BCUT2D eigenvalue weighted by molar-refractivity contribution is 6.07. The molecule has 2 fully saturated rings. The molecule has 5 nitrogen and oxygen atoms in total. The van der Waals surface area contributed by atoms with Crippen LogP contribution in [0.4, 0.5) is 4.79 Å². The first-order chi connectivity index (χ1) is 16.5. The highest BCUT2D eigenvalue weighted by atomic mass is 16.2. The van der Waals surface area contributed by atoms with Crippen molar-refractivity contribution < 1.29 is 9.59 Å². The fourth-order valence-electron chi connectivity index (χ4n) is 5.47. The average molecular weight is 458 g/mol. The smallest absolute Gasteiger partial charge is 0.323 e. The lowest BCUT2D eigenvalue weighted by molar-refractivity contribution is -0.134. The number of urea groups is 1. The van der Waals surface area contributed by atoms with Crippen molar-refractivity contribution in [2.24, 2.45) is 5.92 Å². The molecule has 0 aliphatic carbocycles. The molecule has 2 heterocycles. The number of aryl methyl sites for hydroxylation is 1. The van der Waals surface area contributed by atoms with E-state index in [0.29, 0.717) is 12.3 Å². The average Bonchev–Trinajstić information content (AvgIpc) is 3.12. The minimum Gasteiger partial charge on any atom is -0.323 e. The standard InChI is InChI=1S/C29H35N3O2/c1-3-4-19-32-27(33)29(30-28(32)34,18-15-24-11-7-5-8-12-24)26-16-20-31(21-17-26)22-23(2)25-13-9-6-10-14-25/h5-14,23,26H,15-22H2,1-2H3,(H,30,34). The van der Waals surface area contributed by atoms with Crippen LogP contribution in [0, 0.1) is 17.8 Å². The third kappa shape index (κ3) is 5.18. The lowest BCUT2D eigenvalue weighted by Gasteiger charge is -2.41. The minimum absolute atomic E-state index is 0.104. The zero-order valence-electron chi connectivity index (χ0n) is 20.3. The van der Waals surface area contributed by atoms with E-state index in [-0.39, 0.29) is 24.4 Å². The van der Waals surface area contributed by atoms with Crippen LogP contribution in [0.15, 0.2) is 60.7 Å². The Kier molecular flexibility index (Phi) is 7.70. The molecule has 34 heavy (non-hydrogen) atoms. The largest absolute Gasteiger partial charge is 0.325 e. The normalized spacial score (nSPS) is 22.2. The van der Waals surface area contributed by atoms with Crippen molar-refractivity contribution in [2.75, 3.05) is 26.2 Å². The molecule has 178 valence electrons. The highest BCUT2D eigenvalue weighted by Crippen LogP contribution is 2.37. The van der Waals surface area contributed by atoms with Gasteiger partial charge in [-0.1, -0.05) is 73.5 Å². The first-order valence-electron chi connectivity index (χ1n) is 12.4. The van der Waals surface area contributed by atoms with Gasteiger partial charge in [0.15, 0.2) is 0 Å². The summed E-state index contributed by atoms with van der Waals surface area (Å²) in [5.41, 5.74) is 1.69. The number of hydrogen-bond acceptors (Lipinski definition) is 3. The van der Waals surface area contributed by atoms with E-state index in [2.05, 4.69) is 71.4 Å². The van der Waals surface area contributed by atoms with Crippen LogP contribution in [-0.4, -0.2) is 53.5 Å². The van der Waals surface area contributed by atoms with Crippen molar-refractivity contribution in [1.82, 2.24) is 15.1 Å². The molecule has 5 heteroatoms. The Morgan fingerprint density at radius 3 is 2.32 bits per heavy atom. The molecule has 1 N–H and O–H groups in total. The van der Waals surface area contributed by atoms with E-state index in [1.807, 2.05) is 18.2 Å². The molecule has 2 aromatic carbocycles. The Morgan fingerprint density at radius 2 is 1.68 bits per heavy atom. The Labute approximate surface area is 203 Å². The molecular formula is C29H35N3O2. The third-order valence-electron chi connectivity index (χ3n) is 7.45. The van der Waals surface area contributed by atoms with Crippen LogP contribution in [0.25, 0.3) is 0 Å². The Bertz CT molecular complexity index is 1040. The fraction of sp³-hybridized carbons (Fsp3) is 0.448. The third-order valence-corrected chi connectivity index (χ3v) is 7.45. The summed E-state index contributed by atoms with van der Waals surface area (Å²) < 4.78 is 0. The molecule has 3 amide bonds. The van der Waals surface area contributed by atoms with E-state index in [1.54, 1.807) is 6.92 Å². The van der Waals surface area contributed by atoms with Crippen molar-refractivity contribution in [3.8, 4) is 11.8 Å². The van der Waals surface area contributed by atoms with Gasteiger partial charge in [-0.15, -0.1) is 5.92 Å². The van der Waals surface area contributed by atoms with Gasteiger partial charge in [0, 0.05) is 6.54 Å². The van der Waals surface area contributed by atoms with Gasteiger partial charge in [0.05, 0.1) is 6.54 Å². The predicted octanol–water partition coefficient (Wildman–Crippen LogP) is 4.45. The molecule has 2 atom stereocenters. The molecule has 0 radical (unpaired) electrons. The van der Waals surface area contributed by atoms with E-state index >= 15 is 0 Å². The summed E-state index contributed by atoms with van der Waals surface area (Å²) in [4.78, 5) is 30.3. The maximum Gasteiger partial charge on any atom is 0.325 e. The molecule has 2 aliphatic heterocycles. The number of carbonyl (C=O) groups excluding carboxylic acids is 2. The number of amides is 3. The van der Waals surface area contributed by atoms with Crippen LogP contribution in [0.2, 0.25) is 0 Å². The number of nitrogens with zero attached hydrogens (tertiary/aromatic N) is 2. The lowest BCUT2D eigenvalue weighted by Crippen LogP contribution is -2.56. The molecule has 0 spiro atoms.